The van der Waals surface area contributed by atoms with Crippen molar-refractivity contribution in [3.05, 3.63) is 36.5 Å². The van der Waals surface area contributed by atoms with E-state index >= 15 is 0 Å². The fourth-order valence-corrected chi connectivity index (χ4v) is 0.379. The molecule has 0 spiro atoms. The Morgan fingerprint density at radius 2 is 2.00 bits per heavy atom. The number of rotatable bonds is 3. The van der Waals surface area contributed by atoms with Gasteiger partial charge in [-0.25, -0.2) is 0 Å². The Hall–Kier alpha value is -0.780. The standard InChI is InChI=1S/C8H9B2/c1-3-4-5-6-7(2)8(9)10/h3-6H,2H2,1H3/b4-3-,6-5-. The van der Waals surface area contributed by atoms with E-state index in [0.29, 0.717) is 5.57 Å². The summed E-state index contributed by atoms with van der Waals surface area (Å²) in [4.78, 5) is 0. The van der Waals surface area contributed by atoms with E-state index in [1.165, 1.54) is 0 Å². The van der Waals surface area contributed by atoms with Crippen LogP contribution >= 0.6 is 0 Å². The molecule has 3 radical (unpaired) electrons. The van der Waals surface area contributed by atoms with E-state index in [0.717, 1.165) is 0 Å². The summed E-state index contributed by atoms with van der Waals surface area (Å²) in [5.41, 5.74) is 0.651. The second-order valence-corrected chi connectivity index (χ2v) is 1.87. The Kier molecular flexibility index (Phi) is 4.65. The first-order chi connectivity index (χ1) is 4.68. The Morgan fingerprint density at radius 1 is 1.40 bits per heavy atom. The van der Waals surface area contributed by atoms with Gasteiger partial charge in [0.05, 0.1) is 0 Å². The van der Waals surface area contributed by atoms with Crippen molar-refractivity contribution >= 4 is 20.7 Å². The Bertz CT molecular complexity index is 187. The molecule has 0 N–H and O–H groups in total. The summed E-state index contributed by atoms with van der Waals surface area (Å²) in [7, 11) is 10.5. The van der Waals surface area contributed by atoms with E-state index in [-0.39, 0.29) is 5.36 Å². The molecular weight excluding hydrogens is 118 g/mol. The van der Waals surface area contributed by atoms with Gasteiger partial charge in [-0.2, -0.15) is 0 Å². The number of hydrogen-bond acceptors (Lipinski definition) is 0. The zero-order valence-corrected chi connectivity index (χ0v) is 6.17. The van der Waals surface area contributed by atoms with Crippen LogP contribution in [0.1, 0.15) is 6.92 Å². The molecule has 0 amide bonds. The third kappa shape index (κ3) is 4.13. The summed E-state index contributed by atoms with van der Waals surface area (Å²) in [5.74, 6) is 0. The van der Waals surface area contributed by atoms with Crippen molar-refractivity contribution in [2.24, 2.45) is 0 Å². The van der Waals surface area contributed by atoms with Crippen LogP contribution in [0.15, 0.2) is 36.5 Å². The third-order valence-corrected chi connectivity index (χ3v) is 0.972. The summed E-state index contributed by atoms with van der Waals surface area (Å²) in [6, 6.07) is 0. The molecule has 0 aromatic carbocycles. The van der Waals surface area contributed by atoms with Gasteiger partial charge in [-0.15, -0.1) is 0 Å². The monoisotopic (exact) mass is 127 g/mol. The van der Waals surface area contributed by atoms with Gasteiger partial charge in [0.2, 0.25) is 0 Å². The average molecular weight is 127 g/mol. The van der Waals surface area contributed by atoms with Gasteiger partial charge in [0.15, 0.2) is 0 Å². The molecule has 0 aliphatic carbocycles. The van der Waals surface area contributed by atoms with Crippen LogP contribution in [0, 0.1) is 0 Å². The van der Waals surface area contributed by atoms with Gasteiger partial charge >= 0.3 is 64.1 Å². The molecule has 0 saturated heterocycles. The van der Waals surface area contributed by atoms with Gasteiger partial charge < -0.3 is 0 Å². The molecule has 2 heteroatoms. The summed E-state index contributed by atoms with van der Waals surface area (Å²) in [6.45, 7) is 5.55. The second-order valence-electron chi connectivity index (χ2n) is 1.87. The van der Waals surface area contributed by atoms with Crippen molar-refractivity contribution in [3.8, 4) is 0 Å². The van der Waals surface area contributed by atoms with Gasteiger partial charge in [-0.1, -0.05) is 0 Å². The van der Waals surface area contributed by atoms with Crippen LogP contribution in [0.3, 0.4) is 0 Å². The van der Waals surface area contributed by atoms with Gasteiger partial charge in [-0.05, 0) is 0 Å². The Morgan fingerprint density at radius 3 is 2.40 bits per heavy atom. The maximum absolute atomic E-state index is 5.24. The molecule has 0 unspecified atom stereocenters. The normalized spacial score (nSPS) is 10.8. The molecule has 0 rings (SSSR count). The minimum absolute atomic E-state index is 0.265. The summed E-state index contributed by atoms with van der Waals surface area (Å²) in [5, 5.41) is 0.265. The van der Waals surface area contributed by atoms with Gasteiger partial charge in [-0.3, -0.25) is 0 Å². The molecular formula is C8H9B2. The van der Waals surface area contributed by atoms with Crippen molar-refractivity contribution in [1.82, 2.24) is 0 Å². The fraction of sp³-hybridized carbons (Fsp3) is 0.125. The first-order valence-corrected chi connectivity index (χ1v) is 3.05. The molecule has 0 fully saturated rings. The van der Waals surface area contributed by atoms with Crippen molar-refractivity contribution < 1.29 is 0 Å². The molecule has 0 bridgehead atoms. The van der Waals surface area contributed by atoms with E-state index < -0.39 is 0 Å². The van der Waals surface area contributed by atoms with Crippen molar-refractivity contribution in [3.63, 3.8) is 0 Å². The van der Waals surface area contributed by atoms with Crippen LogP contribution in [0.2, 0.25) is 0 Å². The maximum atomic E-state index is 5.24. The predicted molar refractivity (Wildman–Crippen MR) is 49.6 cm³/mol. The van der Waals surface area contributed by atoms with E-state index in [9.17, 15) is 0 Å². The molecule has 0 atom stereocenters. The molecule has 47 valence electrons. The van der Waals surface area contributed by atoms with Gasteiger partial charge in [0.25, 0.3) is 0 Å². The first kappa shape index (κ1) is 9.22. The molecule has 0 aromatic heterocycles. The molecule has 0 heterocycles. The van der Waals surface area contributed by atoms with E-state index in [4.69, 9.17) is 15.3 Å². The third-order valence-electron chi connectivity index (χ3n) is 0.972. The van der Waals surface area contributed by atoms with Crippen LogP contribution in [0.5, 0.6) is 0 Å². The van der Waals surface area contributed by atoms with E-state index in [2.05, 4.69) is 6.58 Å². The van der Waals surface area contributed by atoms with Crippen molar-refractivity contribution in [2.75, 3.05) is 0 Å². The number of hydrogen-bond donors (Lipinski definition) is 0. The summed E-state index contributed by atoms with van der Waals surface area (Å²) in [6.07, 6.45) is 7.39. The first-order valence-electron chi connectivity index (χ1n) is 3.05. The quantitative estimate of drug-likeness (QED) is 0.393. The second kappa shape index (κ2) is 5.04. The van der Waals surface area contributed by atoms with Crippen LogP contribution < -0.4 is 0 Å². The molecule has 0 nitrogen and oxygen atoms in total. The van der Waals surface area contributed by atoms with Gasteiger partial charge in [0.1, 0.15) is 0 Å². The summed E-state index contributed by atoms with van der Waals surface area (Å²) < 4.78 is 0. The van der Waals surface area contributed by atoms with E-state index in [1.807, 2.05) is 25.2 Å². The topological polar surface area (TPSA) is 0 Å². The molecule has 0 aromatic rings. The predicted octanol–water partition coefficient (Wildman–Crippen LogP) is 1.14. The van der Waals surface area contributed by atoms with Crippen molar-refractivity contribution in [1.29, 1.82) is 0 Å². The van der Waals surface area contributed by atoms with Crippen molar-refractivity contribution in [2.45, 2.75) is 6.92 Å². The van der Waals surface area contributed by atoms with E-state index in [1.54, 1.807) is 6.08 Å². The Labute approximate surface area is 64.8 Å². The average Bonchev–Trinajstić information content (AvgIpc) is 1.88. The number of allylic oxidation sites excluding steroid dienone is 5. The van der Waals surface area contributed by atoms with Crippen LogP contribution in [-0.4, -0.2) is 20.7 Å². The fourth-order valence-electron chi connectivity index (χ4n) is 0.379. The molecule has 0 aliphatic heterocycles. The molecule has 0 aliphatic rings. The molecule has 10 heavy (non-hydrogen) atoms. The minimum atomic E-state index is 0.265. The molecule has 0 saturated carbocycles. The van der Waals surface area contributed by atoms with Crippen LogP contribution in [0.25, 0.3) is 0 Å². The SMILES string of the molecule is [B]C(=[B])C(=C)/C=C\C=C/C. The zero-order chi connectivity index (χ0) is 7.98. The van der Waals surface area contributed by atoms with Crippen LogP contribution in [0.4, 0.5) is 0 Å². The zero-order valence-electron chi connectivity index (χ0n) is 6.17. The Balaban J connectivity index is 3.90. The van der Waals surface area contributed by atoms with Crippen LogP contribution in [-0.2, 0) is 0 Å². The van der Waals surface area contributed by atoms with Gasteiger partial charge in [0, 0.05) is 0 Å². The summed E-state index contributed by atoms with van der Waals surface area (Å²) >= 11 is 0.